The van der Waals surface area contributed by atoms with Gasteiger partial charge in [0.15, 0.2) is 11.6 Å². The molecule has 0 radical (unpaired) electrons. The third-order valence-corrected chi connectivity index (χ3v) is 3.39. The molecule has 2 aromatic carbocycles. The average molecular weight is 283 g/mol. The van der Waals surface area contributed by atoms with E-state index in [1.54, 1.807) is 12.1 Å². The zero-order valence-corrected chi connectivity index (χ0v) is 11.1. The third-order valence-electron chi connectivity index (χ3n) is 3.06. The normalized spacial score (nSPS) is 12.5. The van der Waals surface area contributed by atoms with Gasteiger partial charge in [-0.3, -0.25) is 0 Å². The fraction of sp³-hybridized carbons (Fsp3) is 0.200. The van der Waals surface area contributed by atoms with Crippen LogP contribution in [0.3, 0.4) is 0 Å². The Kier molecular flexibility index (Phi) is 4.17. The van der Waals surface area contributed by atoms with Crippen molar-refractivity contribution in [3.63, 3.8) is 0 Å². The van der Waals surface area contributed by atoms with Crippen molar-refractivity contribution in [1.29, 1.82) is 0 Å². The molecule has 0 aromatic heterocycles. The zero-order chi connectivity index (χ0) is 14.0. The molecule has 1 atom stereocenters. The first-order valence-corrected chi connectivity index (χ1v) is 6.32. The highest BCUT2D eigenvalue weighted by atomic mass is 35.5. The van der Waals surface area contributed by atoms with Gasteiger partial charge in [0.2, 0.25) is 0 Å². The van der Waals surface area contributed by atoms with Crippen molar-refractivity contribution in [2.45, 2.75) is 19.4 Å². The minimum absolute atomic E-state index is 0.0114. The van der Waals surface area contributed by atoms with Crippen LogP contribution in [-0.4, -0.2) is 5.11 Å². The summed E-state index contributed by atoms with van der Waals surface area (Å²) in [4.78, 5) is 0. The van der Waals surface area contributed by atoms with Gasteiger partial charge in [0.05, 0.1) is 0 Å². The highest BCUT2D eigenvalue weighted by molar-refractivity contribution is 6.31. The molecule has 0 aliphatic heterocycles. The highest BCUT2D eigenvalue weighted by Crippen LogP contribution is 2.31. The van der Waals surface area contributed by atoms with E-state index in [1.165, 1.54) is 0 Å². The topological polar surface area (TPSA) is 20.2 Å². The lowest BCUT2D eigenvalue weighted by Gasteiger charge is -2.16. The summed E-state index contributed by atoms with van der Waals surface area (Å²) in [5, 5.41) is 10.3. The lowest BCUT2D eigenvalue weighted by atomic mass is 9.95. The van der Waals surface area contributed by atoms with Crippen LogP contribution in [0.15, 0.2) is 36.4 Å². The Morgan fingerprint density at radius 3 is 2.42 bits per heavy atom. The van der Waals surface area contributed by atoms with Crippen molar-refractivity contribution >= 4 is 11.6 Å². The first-order valence-electron chi connectivity index (χ1n) is 5.95. The predicted molar refractivity (Wildman–Crippen MR) is 71.2 cm³/mol. The van der Waals surface area contributed by atoms with Crippen LogP contribution in [-0.2, 0) is 6.42 Å². The molecule has 2 aromatic rings. The number of hydrogen-bond acceptors (Lipinski definition) is 1. The van der Waals surface area contributed by atoms with E-state index in [4.69, 9.17) is 11.6 Å². The molecule has 100 valence electrons. The molecule has 0 bridgehead atoms. The minimum Gasteiger partial charge on any atom is -0.384 e. The summed E-state index contributed by atoms with van der Waals surface area (Å²) >= 11 is 5.88. The maximum atomic E-state index is 13.3. The van der Waals surface area contributed by atoms with Crippen LogP contribution in [0.5, 0.6) is 0 Å². The average Bonchev–Trinajstić information content (AvgIpc) is 2.42. The van der Waals surface area contributed by atoms with Gasteiger partial charge in [-0.15, -0.1) is 0 Å². The smallest absolute Gasteiger partial charge is 0.160 e. The van der Waals surface area contributed by atoms with Gasteiger partial charge < -0.3 is 5.11 Å². The van der Waals surface area contributed by atoms with E-state index in [0.717, 1.165) is 24.1 Å². The van der Waals surface area contributed by atoms with Gasteiger partial charge in [-0.25, -0.2) is 8.78 Å². The third kappa shape index (κ3) is 2.77. The summed E-state index contributed by atoms with van der Waals surface area (Å²) in [6.45, 7) is 1.96. The summed E-state index contributed by atoms with van der Waals surface area (Å²) in [6, 6.07) is 9.10. The van der Waals surface area contributed by atoms with Crippen molar-refractivity contribution in [3.8, 4) is 0 Å². The molecule has 1 unspecified atom stereocenters. The molecule has 19 heavy (non-hydrogen) atoms. The number of halogens is 3. The van der Waals surface area contributed by atoms with Crippen LogP contribution in [0.1, 0.15) is 29.7 Å². The van der Waals surface area contributed by atoms with Gasteiger partial charge in [0.1, 0.15) is 6.10 Å². The molecule has 4 heteroatoms. The summed E-state index contributed by atoms with van der Waals surface area (Å²) in [7, 11) is 0. The van der Waals surface area contributed by atoms with Crippen molar-refractivity contribution in [3.05, 3.63) is 69.7 Å². The van der Waals surface area contributed by atoms with Gasteiger partial charge in [0.25, 0.3) is 0 Å². The van der Waals surface area contributed by atoms with Crippen LogP contribution in [0, 0.1) is 11.6 Å². The molecular weight excluding hydrogens is 270 g/mol. The molecule has 2 rings (SSSR count). The van der Waals surface area contributed by atoms with Gasteiger partial charge >= 0.3 is 0 Å². The SMILES string of the molecule is CCc1ccccc1C(O)c1cc(F)c(F)cc1Cl. The van der Waals surface area contributed by atoms with E-state index < -0.39 is 17.7 Å². The maximum absolute atomic E-state index is 13.3. The van der Waals surface area contributed by atoms with E-state index >= 15 is 0 Å². The maximum Gasteiger partial charge on any atom is 0.160 e. The molecule has 0 saturated carbocycles. The van der Waals surface area contributed by atoms with Crippen molar-refractivity contribution in [1.82, 2.24) is 0 Å². The predicted octanol–water partition coefficient (Wildman–Crippen LogP) is 4.26. The lowest BCUT2D eigenvalue weighted by molar-refractivity contribution is 0.218. The van der Waals surface area contributed by atoms with Gasteiger partial charge in [-0.05, 0) is 29.7 Å². The Morgan fingerprint density at radius 2 is 1.74 bits per heavy atom. The molecule has 0 amide bonds. The summed E-state index contributed by atoms with van der Waals surface area (Å²) < 4.78 is 26.3. The second kappa shape index (κ2) is 5.68. The van der Waals surface area contributed by atoms with E-state index in [1.807, 2.05) is 19.1 Å². The van der Waals surface area contributed by atoms with Crippen LogP contribution in [0.2, 0.25) is 5.02 Å². The number of hydrogen-bond donors (Lipinski definition) is 1. The number of aliphatic hydroxyl groups excluding tert-OH is 1. The van der Waals surface area contributed by atoms with Gasteiger partial charge in [-0.1, -0.05) is 42.8 Å². The second-order valence-electron chi connectivity index (χ2n) is 4.24. The van der Waals surface area contributed by atoms with E-state index in [0.29, 0.717) is 5.56 Å². The van der Waals surface area contributed by atoms with Crippen LogP contribution < -0.4 is 0 Å². The first-order chi connectivity index (χ1) is 9.04. The Bertz CT molecular complexity index is 599. The monoisotopic (exact) mass is 282 g/mol. The summed E-state index contributed by atoms with van der Waals surface area (Å²) in [5.74, 6) is -2.04. The standard InChI is InChI=1S/C15H13ClF2O/c1-2-9-5-3-4-6-10(9)15(19)11-7-13(17)14(18)8-12(11)16/h3-8,15,19H,2H2,1H3. The minimum atomic E-state index is -1.07. The first kappa shape index (κ1) is 14.0. The molecule has 1 nitrogen and oxygen atoms in total. The molecule has 1 N–H and O–H groups in total. The molecule has 0 spiro atoms. The van der Waals surface area contributed by atoms with Crippen molar-refractivity contribution in [2.24, 2.45) is 0 Å². The Hall–Kier alpha value is -1.45. The van der Waals surface area contributed by atoms with Gasteiger partial charge in [0, 0.05) is 10.6 Å². The number of aryl methyl sites for hydroxylation is 1. The van der Waals surface area contributed by atoms with E-state index in [9.17, 15) is 13.9 Å². The number of benzene rings is 2. The molecule has 0 fully saturated rings. The highest BCUT2D eigenvalue weighted by Gasteiger charge is 2.19. The molecule has 0 aliphatic rings. The molecule has 0 heterocycles. The Balaban J connectivity index is 2.50. The van der Waals surface area contributed by atoms with Crippen LogP contribution in [0.4, 0.5) is 8.78 Å². The van der Waals surface area contributed by atoms with Crippen LogP contribution in [0.25, 0.3) is 0 Å². The second-order valence-corrected chi connectivity index (χ2v) is 4.65. The number of rotatable bonds is 3. The Morgan fingerprint density at radius 1 is 1.11 bits per heavy atom. The zero-order valence-electron chi connectivity index (χ0n) is 10.3. The summed E-state index contributed by atoms with van der Waals surface area (Å²) in [6.07, 6.45) is -0.340. The van der Waals surface area contributed by atoms with Crippen molar-refractivity contribution < 1.29 is 13.9 Å². The molecular formula is C15H13ClF2O. The van der Waals surface area contributed by atoms with Crippen LogP contribution >= 0.6 is 11.6 Å². The van der Waals surface area contributed by atoms with E-state index in [2.05, 4.69) is 0 Å². The Labute approximate surface area is 115 Å². The number of aliphatic hydroxyl groups is 1. The largest absolute Gasteiger partial charge is 0.384 e. The summed E-state index contributed by atoms with van der Waals surface area (Å²) in [5.41, 5.74) is 1.76. The van der Waals surface area contributed by atoms with Crippen molar-refractivity contribution in [2.75, 3.05) is 0 Å². The fourth-order valence-corrected chi connectivity index (χ4v) is 2.29. The van der Waals surface area contributed by atoms with Gasteiger partial charge in [-0.2, -0.15) is 0 Å². The lowest BCUT2D eigenvalue weighted by Crippen LogP contribution is -2.05. The fourth-order valence-electron chi connectivity index (χ4n) is 2.04. The molecule has 0 saturated heterocycles. The molecule has 0 aliphatic carbocycles. The van der Waals surface area contributed by atoms with E-state index in [-0.39, 0.29) is 10.6 Å². The quantitative estimate of drug-likeness (QED) is 0.834.